The number of imidazole rings is 1. The Morgan fingerprint density at radius 2 is 1.83 bits per heavy atom. The van der Waals surface area contributed by atoms with Crippen molar-refractivity contribution >= 4 is 11.6 Å². The Kier molecular flexibility index (Phi) is 3.40. The molecule has 2 aromatic rings. The molecule has 1 aromatic heterocycles. The first-order chi connectivity index (χ1) is 8.67. The van der Waals surface area contributed by atoms with Gasteiger partial charge in [-0.3, -0.25) is 0 Å². The van der Waals surface area contributed by atoms with Crippen LogP contribution < -0.4 is 9.47 Å². The molecule has 0 saturated heterocycles. The first-order valence-electron chi connectivity index (χ1n) is 5.07. The van der Waals surface area contributed by atoms with Crippen LogP contribution >= 0.6 is 11.6 Å². The highest BCUT2D eigenvalue weighted by Crippen LogP contribution is 2.29. The molecule has 0 aliphatic heterocycles. The van der Waals surface area contributed by atoms with Crippen LogP contribution in [0.5, 0.6) is 11.5 Å². The molecule has 0 fully saturated rings. The minimum atomic E-state index is 0.161. The topological polar surface area (TPSA) is 70.9 Å². The number of nitrogens with zero attached hydrogens (tertiary/aromatic N) is 2. The third kappa shape index (κ3) is 2.24. The Morgan fingerprint density at radius 1 is 1.22 bits per heavy atom. The molecule has 18 heavy (non-hydrogen) atoms. The van der Waals surface area contributed by atoms with Crippen LogP contribution in [0.4, 0.5) is 0 Å². The van der Waals surface area contributed by atoms with Crippen molar-refractivity contribution in [1.29, 1.82) is 5.26 Å². The van der Waals surface area contributed by atoms with E-state index in [0.717, 1.165) is 5.56 Å². The molecule has 0 spiro atoms. The summed E-state index contributed by atoms with van der Waals surface area (Å²) in [6.07, 6.45) is 0. The molecule has 0 unspecified atom stereocenters. The van der Waals surface area contributed by atoms with E-state index in [0.29, 0.717) is 17.3 Å². The molecular formula is C12H10ClN3O2. The van der Waals surface area contributed by atoms with Gasteiger partial charge in [-0.05, 0) is 12.1 Å². The van der Waals surface area contributed by atoms with Crippen LogP contribution in [0.3, 0.4) is 0 Å². The van der Waals surface area contributed by atoms with Crippen LogP contribution in [0, 0.1) is 11.3 Å². The van der Waals surface area contributed by atoms with Crippen molar-refractivity contribution in [3.8, 4) is 29.0 Å². The first-order valence-corrected chi connectivity index (χ1v) is 5.44. The number of hydrogen-bond acceptors (Lipinski definition) is 4. The number of nitrogens with one attached hydrogen (secondary N) is 1. The lowest BCUT2D eigenvalue weighted by molar-refractivity contribution is 0.394. The quantitative estimate of drug-likeness (QED) is 0.924. The Balaban J connectivity index is 2.52. The Bertz CT molecular complexity index is 594. The standard InChI is InChI=1S/C12H10ClN3O2/c1-17-8-3-7(4-9(5-8)18-2)12-15-10(6-14)11(13)16-12/h3-5H,1-2H3,(H,15,16). The lowest BCUT2D eigenvalue weighted by atomic mass is 10.2. The van der Waals surface area contributed by atoms with E-state index in [1.165, 1.54) is 0 Å². The number of hydrogen-bond donors (Lipinski definition) is 1. The summed E-state index contributed by atoms with van der Waals surface area (Å²) in [5, 5.41) is 9.03. The van der Waals surface area contributed by atoms with Gasteiger partial charge in [-0.1, -0.05) is 11.6 Å². The van der Waals surface area contributed by atoms with E-state index in [-0.39, 0.29) is 10.8 Å². The van der Waals surface area contributed by atoms with Gasteiger partial charge in [0.2, 0.25) is 0 Å². The van der Waals surface area contributed by atoms with Gasteiger partial charge in [-0.15, -0.1) is 0 Å². The summed E-state index contributed by atoms with van der Waals surface area (Å²) in [5.74, 6) is 1.76. The Hall–Kier alpha value is -2.19. The maximum absolute atomic E-state index is 8.81. The third-order valence-corrected chi connectivity index (χ3v) is 2.66. The monoisotopic (exact) mass is 263 g/mol. The van der Waals surface area contributed by atoms with Crippen LogP contribution in [0.25, 0.3) is 11.4 Å². The second-order valence-electron chi connectivity index (χ2n) is 3.46. The number of nitriles is 1. The smallest absolute Gasteiger partial charge is 0.178 e. The Labute approximate surface area is 109 Å². The number of ether oxygens (including phenoxy) is 2. The average Bonchev–Trinajstić information content (AvgIpc) is 2.79. The zero-order valence-electron chi connectivity index (χ0n) is 9.82. The molecule has 0 amide bonds. The molecule has 0 aliphatic rings. The molecule has 0 aliphatic carbocycles. The maximum Gasteiger partial charge on any atom is 0.178 e. The van der Waals surface area contributed by atoms with Gasteiger partial charge in [0.25, 0.3) is 0 Å². The number of aromatic nitrogens is 2. The van der Waals surface area contributed by atoms with Crippen molar-refractivity contribution in [3.63, 3.8) is 0 Å². The van der Waals surface area contributed by atoms with E-state index in [9.17, 15) is 0 Å². The fraction of sp³-hybridized carbons (Fsp3) is 0.167. The van der Waals surface area contributed by atoms with Gasteiger partial charge in [-0.2, -0.15) is 5.26 Å². The molecule has 1 aromatic carbocycles. The SMILES string of the molecule is COc1cc(OC)cc(-c2nc(C#N)c(Cl)[nH]2)c1. The van der Waals surface area contributed by atoms with Crippen LogP contribution in [-0.4, -0.2) is 24.2 Å². The second-order valence-corrected chi connectivity index (χ2v) is 3.84. The van der Waals surface area contributed by atoms with Crippen LogP contribution in [0.1, 0.15) is 5.69 Å². The molecule has 0 bridgehead atoms. The molecule has 2 rings (SSSR count). The van der Waals surface area contributed by atoms with Gasteiger partial charge in [-0.25, -0.2) is 4.98 Å². The van der Waals surface area contributed by atoms with Gasteiger partial charge < -0.3 is 14.5 Å². The summed E-state index contributed by atoms with van der Waals surface area (Å²) in [6, 6.07) is 7.21. The number of methoxy groups -OCH3 is 2. The van der Waals surface area contributed by atoms with Crippen molar-refractivity contribution in [1.82, 2.24) is 9.97 Å². The summed E-state index contributed by atoms with van der Waals surface area (Å²) < 4.78 is 10.3. The maximum atomic E-state index is 8.81. The molecule has 0 atom stereocenters. The predicted octanol–water partition coefficient (Wildman–Crippen LogP) is 2.62. The molecule has 1 N–H and O–H groups in total. The van der Waals surface area contributed by atoms with Gasteiger partial charge in [0.05, 0.1) is 14.2 Å². The van der Waals surface area contributed by atoms with Crippen LogP contribution in [-0.2, 0) is 0 Å². The van der Waals surface area contributed by atoms with Crippen molar-refractivity contribution in [2.45, 2.75) is 0 Å². The van der Waals surface area contributed by atoms with E-state index >= 15 is 0 Å². The average molecular weight is 264 g/mol. The van der Waals surface area contributed by atoms with Crippen LogP contribution in [0.15, 0.2) is 18.2 Å². The van der Waals surface area contributed by atoms with Gasteiger partial charge in [0, 0.05) is 11.6 Å². The normalized spacial score (nSPS) is 9.89. The zero-order valence-corrected chi connectivity index (χ0v) is 10.6. The van der Waals surface area contributed by atoms with Gasteiger partial charge in [0.15, 0.2) is 5.69 Å². The number of benzene rings is 1. The third-order valence-electron chi connectivity index (χ3n) is 2.39. The minimum absolute atomic E-state index is 0.161. The molecule has 0 saturated carbocycles. The van der Waals surface area contributed by atoms with Crippen molar-refractivity contribution < 1.29 is 9.47 Å². The fourth-order valence-corrected chi connectivity index (χ4v) is 1.68. The van der Waals surface area contributed by atoms with Crippen LogP contribution in [0.2, 0.25) is 5.15 Å². The molecule has 6 heteroatoms. The second kappa shape index (κ2) is 4.98. The van der Waals surface area contributed by atoms with E-state index < -0.39 is 0 Å². The fourth-order valence-electron chi connectivity index (χ4n) is 1.51. The van der Waals surface area contributed by atoms with Gasteiger partial charge >= 0.3 is 0 Å². The lowest BCUT2D eigenvalue weighted by Crippen LogP contribution is -1.89. The molecular weight excluding hydrogens is 254 g/mol. The zero-order chi connectivity index (χ0) is 13.1. The first kappa shape index (κ1) is 12.3. The predicted molar refractivity (Wildman–Crippen MR) is 66.9 cm³/mol. The number of aromatic amines is 1. The largest absolute Gasteiger partial charge is 0.497 e. The highest BCUT2D eigenvalue weighted by molar-refractivity contribution is 6.30. The van der Waals surface area contributed by atoms with E-state index in [4.69, 9.17) is 26.3 Å². The molecule has 0 radical (unpaired) electrons. The van der Waals surface area contributed by atoms with E-state index in [1.807, 2.05) is 6.07 Å². The minimum Gasteiger partial charge on any atom is -0.497 e. The summed E-state index contributed by atoms with van der Waals surface area (Å²) in [5.41, 5.74) is 0.892. The Morgan fingerprint density at radius 3 is 2.28 bits per heavy atom. The summed E-state index contributed by atoms with van der Waals surface area (Å²) in [6.45, 7) is 0. The highest BCUT2D eigenvalue weighted by atomic mass is 35.5. The van der Waals surface area contributed by atoms with Gasteiger partial charge in [0.1, 0.15) is 28.5 Å². The van der Waals surface area contributed by atoms with E-state index in [2.05, 4.69) is 9.97 Å². The summed E-state index contributed by atoms with van der Waals surface area (Å²) >= 11 is 5.84. The van der Waals surface area contributed by atoms with E-state index in [1.54, 1.807) is 32.4 Å². The molecule has 1 heterocycles. The highest BCUT2D eigenvalue weighted by Gasteiger charge is 2.11. The molecule has 92 valence electrons. The summed E-state index contributed by atoms with van der Waals surface area (Å²) in [7, 11) is 3.13. The van der Waals surface area contributed by atoms with Crippen molar-refractivity contribution in [2.24, 2.45) is 0 Å². The number of rotatable bonds is 3. The van der Waals surface area contributed by atoms with Crippen molar-refractivity contribution in [2.75, 3.05) is 14.2 Å². The van der Waals surface area contributed by atoms with Crippen molar-refractivity contribution in [3.05, 3.63) is 29.0 Å². The lowest BCUT2D eigenvalue weighted by Gasteiger charge is -2.06. The number of halogens is 1. The summed E-state index contributed by atoms with van der Waals surface area (Å²) in [4.78, 5) is 6.92. The molecule has 5 nitrogen and oxygen atoms in total. The number of H-pyrrole nitrogens is 1.